The highest BCUT2D eigenvalue weighted by molar-refractivity contribution is 5.90. The minimum absolute atomic E-state index is 0.0123. The summed E-state index contributed by atoms with van der Waals surface area (Å²) in [6.07, 6.45) is 7.85. The van der Waals surface area contributed by atoms with Crippen LogP contribution in [0.1, 0.15) is 93.3 Å². The van der Waals surface area contributed by atoms with E-state index in [2.05, 4.69) is 15.1 Å². The second-order valence-corrected chi connectivity index (χ2v) is 12.4. The SMILES string of the molecule is O=C(CCCCCC(=O)Nc1ccc(C2OC(CN3CCCC3CN3CCCC3)CC(c3ccc(CO)cc3)O2)cc1)NO. The summed E-state index contributed by atoms with van der Waals surface area (Å²) >= 11 is 0. The molecule has 4 N–H and O–H groups in total. The molecule has 0 bridgehead atoms. The van der Waals surface area contributed by atoms with E-state index in [0.29, 0.717) is 31.0 Å². The quantitative estimate of drug-likeness (QED) is 0.139. The third-order valence-electron chi connectivity index (χ3n) is 9.12. The number of nitrogens with one attached hydrogen (secondary N) is 2. The maximum absolute atomic E-state index is 12.4. The number of rotatable bonds is 14. The Bertz CT molecular complexity index is 1190. The first-order valence-corrected chi connectivity index (χ1v) is 16.3. The van der Waals surface area contributed by atoms with Gasteiger partial charge in [0.15, 0.2) is 6.29 Å². The number of anilines is 1. The first-order chi connectivity index (χ1) is 21.5. The monoisotopic (exact) mass is 608 g/mol. The number of unbranched alkanes of at least 4 members (excludes halogenated alkanes) is 2. The van der Waals surface area contributed by atoms with E-state index in [1.165, 1.54) is 38.8 Å². The number of aliphatic hydroxyl groups excluding tert-OH is 1. The fourth-order valence-corrected chi connectivity index (χ4v) is 6.65. The second kappa shape index (κ2) is 16.5. The van der Waals surface area contributed by atoms with Crippen LogP contribution in [0.5, 0.6) is 0 Å². The number of aliphatic hydroxyl groups is 1. The van der Waals surface area contributed by atoms with Gasteiger partial charge in [-0.05, 0) is 81.4 Å². The summed E-state index contributed by atoms with van der Waals surface area (Å²) in [4.78, 5) is 28.8. The van der Waals surface area contributed by atoms with Crippen molar-refractivity contribution in [3.63, 3.8) is 0 Å². The second-order valence-electron chi connectivity index (χ2n) is 12.4. The molecule has 10 nitrogen and oxygen atoms in total. The van der Waals surface area contributed by atoms with Crippen LogP contribution < -0.4 is 10.8 Å². The molecule has 2 amide bonds. The topological polar surface area (TPSA) is 124 Å². The van der Waals surface area contributed by atoms with Crippen molar-refractivity contribution in [2.24, 2.45) is 0 Å². The number of hydroxylamine groups is 1. The number of likely N-dealkylation sites (tertiary alicyclic amines) is 2. The molecule has 5 rings (SSSR count). The average Bonchev–Trinajstić information content (AvgIpc) is 3.73. The van der Waals surface area contributed by atoms with Gasteiger partial charge < -0.3 is 24.8 Å². The van der Waals surface area contributed by atoms with E-state index in [1.807, 2.05) is 48.5 Å². The molecule has 3 aliphatic heterocycles. The van der Waals surface area contributed by atoms with Gasteiger partial charge in [0.1, 0.15) is 0 Å². The molecule has 0 radical (unpaired) electrons. The third kappa shape index (κ3) is 9.32. The first-order valence-electron chi connectivity index (χ1n) is 16.3. The molecule has 4 atom stereocenters. The Morgan fingerprint density at radius 1 is 0.818 bits per heavy atom. The van der Waals surface area contributed by atoms with Crippen LogP contribution in [-0.2, 0) is 25.7 Å². The Morgan fingerprint density at radius 2 is 1.52 bits per heavy atom. The predicted molar refractivity (Wildman–Crippen MR) is 167 cm³/mol. The summed E-state index contributed by atoms with van der Waals surface area (Å²) in [5.41, 5.74) is 5.20. The van der Waals surface area contributed by atoms with Gasteiger partial charge in [-0.1, -0.05) is 42.8 Å². The minimum atomic E-state index is -0.531. The molecule has 3 heterocycles. The molecule has 0 aliphatic carbocycles. The lowest BCUT2D eigenvalue weighted by Gasteiger charge is -2.39. The minimum Gasteiger partial charge on any atom is -0.392 e. The largest absolute Gasteiger partial charge is 0.392 e. The number of hydrogen-bond acceptors (Lipinski definition) is 8. The number of ether oxygens (including phenoxy) is 2. The van der Waals surface area contributed by atoms with Gasteiger partial charge in [-0.15, -0.1) is 0 Å². The lowest BCUT2D eigenvalue weighted by molar-refractivity contribution is -0.253. The van der Waals surface area contributed by atoms with Crippen LogP contribution in [0.15, 0.2) is 48.5 Å². The van der Waals surface area contributed by atoms with Crippen LogP contribution in [0.2, 0.25) is 0 Å². The number of benzene rings is 2. The predicted octanol–water partition coefficient (Wildman–Crippen LogP) is 4.68. The van der Waals surface area contributed by atoms with E-state index < -0.39 is 12.2 Å². The highest BCUT2D eigenvalue weighted by Gasteiger charge is 2.36. The average molecular weight is 609 g/mol. The zero-order valence-corrected chi connectivity index (χ0v) is 25.7. The Kier molecular flexibility index (Phi) is 12.2. The van der Waals surface area contributed by atoms with E-state index in [9.17, 15) is 14.7 Å². The lowest BCUT2D eigenvalue weighted by atomic mass is 9.99. The molecule has 240 valence electrons. The molecule has 2 aromatic carbocycles. The van der Waals surface area contributed by atoms with Crippen molar-refractivity contribution in [1.29, 1.82) is 0 Å². The van der Waals surface area contributed by atoms with Crippen molar-refractivity contribution in [3.05, 3.63) is 65.2 Å². The summed E-state index contributed by atoms with van der Waals surface area (Å²) in [7, 11) is 0. The van der Waals surface area contributed by atoms with Crippen LogP contribution in [0.3, 0.4) is 0 Å². The fraction of sp³-hybridized carbons (Fsp3) is 0.588. The molecule has 3 saturated heterocycles. The Balaban J connectivity index is 1.20. The Hall–Kier alpha value is -2.86. The number of carbonyl (C=O) groups excluding carboxylic acids is 2. The highest BCUT2D eigenvalue weighted by atomic mass is 16.7. The van der Waals surface area contributed by atoms with Crippen LogP contribution in [-0.4, -0.2) is 76.8 Å². The molecule has 3 aliphatic rings. The molecule has 4 unspecified atom stereocenters. The summed E-state index contributed by atoms with van der Waals surface area (Å²) in [6.45, 7) is 5.57. The van der Waals surface area contributed by atoms with Gasteiger partial charge in [-0.3, -0.25) is 19.7 Å². The van der Waals surface area contributed by atoms with E-state index in [4.69, 9.17) is 14.7 Å². The van der Waals surface area contributed by atoms with Gasteiger partial charge in [-0.2, -0.15) is 0 Å². The molecular weight excluding hydrogens is 560 g/mol. The van der Waals surface area contributed by atoms with Gasteiger partial charge in [0.2, 0.25) is 11.8 Å². The Morgan fingerprint density at radius 3 is 2.23 bits per heavy atom. The summed E-state index contributed by atoms with van der Waals surface area (Å²) < 4.78 is 13.2. The van der Waals surface area contributed by atoms with Gasteiger partial charge in [-0.25, -0.2) is 5.48 Å². The van der Waals surface area contributed by atoms with E-state index >= 15 is 0 Å². The zero-order chi connectivity index (χ0) is 30.7. The first kappa shape index (κ1) is 32.5. The van der Waals surface area contributed by atoms with Crippen molar-refractivity contribution < 1.29 is 29.4 Å². The highest BCUT2D eigenvalue weighted by Crippen LogP contribution is 2.39. The lowest BCUT2D eigenvalue weighted by Crippen LogP contribution is -2.45. The van der Waals surface area contributed by atoms with E-state index in [-0.39, 0.29) is 31.1 Å². The van der Waals surface area contributed by atoms with Crippen LogP contribution in [0.25, 0.3) is 0 Å². The normalized spacial score (nSPS) is 24.4. The van der Waals surface area contributed by atoms with E-state index in [0.717, 1.165) is 49.2 Å². The van der Waals surface area contributed by atoms with Crippen LogP contribution in [0, 0.1) is 0 Å². The maximum Gasteiger partial charge on any atom is 0.243 e. The molecule has 0 saturated carbocycles. The Labute approximate surface area is 260 Å². The van der Waals surface area contributed by atoms with Crippen molar-refractivity contribution in [2.75, 3.05) is 38.0 Å². The summed E-state index contributed by atoms with van der Waals surface area (Å²) in [6, 6.07) is 16.2. The van der Waals surface area contributed by atoms with Crippen molar-refractivity contribution >= 4 is 17.5 Å². The number of hydrogen-bond donors (Lipinski definition) is 4. The third-order valence-corrected chi connectivity index (χ3v) is 9.12. The fourth-order valence-electron chi connectivity index (χ4n) is 6.65. The standard InChI is InChI=1S/C34H48N4O6/c39-24-25-10-12-26(13-11-25)31-21-30(23-38-20-6-7-29(38)22-37-18-4-5-19-37)43-34(44-31)27-14-16-28(17-15-27)35-32(40)8-2-1-3-9-33(41)36-42/h10-17,29-31,34,39,42H,1-9,18-24H2,(H,35,40)(H,36,41). The molecule has 0 spiro atoms. The van der Waals surface area contributed by atoms with E-state index in [1.54, 1.807) is 5.48 Å². The number of amides is 2. The van der Waals surface area contributed by atoms with Crippen molar-refractivity contribution in [3.8, 4) is 0 Å². The molecular formula is C34H48N4O6. The van der Waals surface area contributed by atoms with Gasteiger partial charge in [0, 0.05) is 49.6 Å². The van der Waals surface area contributed by atoms with Crippen LogP contribution in [0.4, 0.5) is 5.69 Å². The smallest absolute Gasteiger partial charge is 0.243 e. The molecule has 44 heavy (non-hydrogen) atoms. The molecule has 10 heteroatoms. The molecule has 2 aromatic rings. The van der Waals surface area contributed by atoms with Gasteiger partial charge >= 0.3 is 0 Å². The zero-order valence-electron chi connectivity index (χ0n) is 25.7. The van der Waals surface area contributed by atoms with Gasteiger partial charge in [0.05, 0.1) is 18.8 Å². The summed E-state index contributed by atoms with van der Waals surface area (Å²) in [5.74, 6) is -0.481. The number of nitrogens with zero attached hydrogens (tertiary/aromatic N) is 2. The van der Waals surface area contributed by atoms with Crippen molar-refractivity contribution in [2.45, 2.75) is 95.4 Å². The van der Waals surface area contributed by atoms with Gasteiger partial charge in [0.25, 0.3) is 0 Å². The maximum atomic E-state index is 12.4. The molecule has 3 fully saturated rings. The molecule has 0 aromatic heterocycles. The number of carbonyl (C=O) groups is 2. The summed E-state index contributed by atoms with van der Waals surface area (Å²) in [5, 5.41) is 21.0. The van der Waals surface area contributed by atoms with Crippen molar-refractivity contribution in [1.82, 2.24) is 15.3 Å². The van der Waals surface area contributed by atoms with Crippen LogP contribution >= 0.6 is 0 Å².